The number of aliphatic imine (C=N–C) groups is 1. The van der Waals surface area contributed by atoms with Crippen molar-refractivity contribution in [3.63, 3.8) is 0 Å². The van der Waals surface area contributed by atoms with Crippen molar-refractivity contribution in [2.24, 2.45) is 4.99 Å². The molecule has 0 spiro atoms. The number of hydrogen-bond donors (Lipinski definition) is 0. The van der Waals surface area contributed by atoms with Crippen LogP contribution in [0.1, 0.15) is 5.56 Å². The second kappa shape index (κ2) is 9.60. The average molecular weight is 423 g/mol. The Morgan fingerprint density at radius 3 is 1.68 bits per heavy atom. The van der Waals surface area contributed by atoms with Gasteiger partial charge in [0.05, 0.1) is 27.9 Å². The van der Waals surface area contributed by atoms with E-state index in [1.54, 1.807) is 21.3 Å². The molecule has 0 atom stereocenters. The largest absolute Gasteiger partial charge is 0.493 e. The maximum absolute atomic E-state index is 5.35. The van der Waals surface area contributed by atoms with E-state index in [1.165, 1.54) is 0 Å². The fraction of sp³-hybridized carbons (Fsp3) is 0.533. The third-order valence-corrected chi connectivity index (χ3v) is 2.93. The number of benzene rings is 1. The van der Waals surface area contributed by atoms with Gasteiger partial charge in [0.25, 0.3) is 0 Å². The van der Waals surface area contributed by atoms with Crippen LogP contribution < -0.4 is 14.2 Å². The van der Waals surface area contributed by atoms with Gasteiger partial charge < -0.3 is 24.0 Å². The first-order chi connectivity index (χ1) is 9.94. The Labute approximate surface area is 150 Å². The van der Waals surface area contributed by atoms with Gasteiger partial charge in [0.1, 0.15) is 0 Å². The molecule has 1 aromatic carbocycles. The molecule has 0 N–H and O–H groups in total. The van der Waals surface area contributed by atoms with Gasteiger partial charge in [-0.3, -0.25) is 0 Å². The third kappa shape index (κ3) is 5.11. The Morgan fingerprint density at radius 2 is 1.36 bits per heavy atom. The Balaban J connectivity index is 0.00000441. The molecule has 22 heavy (non-hydrogen) atoms. The molecule has 0 bridgehead atoms. The summed E-state index contributed by atoms with van der Waals surface area (Å²) in [6.45, 7) is 0.530. The van der Waals surface area contributed by atoms with Gasteiger partial charge in [-0.05, 0) is 17.7 Å². The molecule has 0 aliphatic carbocycles. The highest BCUT2D eigenvalue weighted by Crippen LogP contribution is 2.38. The summed E-state index contributed by atoms with van der Waals surface area (Å²) in [6, 6.07) is 3.82. The topological polar surface area (TPSA) is 46.5 Å². The van der Waals surface area contributed by atoms with E-state index in [-0.39, 0.29) is 24.0 Å². The number of nitrogens with zero attached hydrogens (tertiary/aromatic N) is 3. The fourth-order valence-corrected chi connectivity index (χ4v) is 2.07. The molecule has 126 valence electrons. The molecule has 6 nitrogen and oxygen atoms in total. The van der Waals surface area contributed by atoms with Crippen LogP contribution in [0, 0.1) is 0 Å². The Bertz CT molecular complexity index is 470. The Morgan fingerprint density at radius 1 is 0.909 bits per heavy atom. The van der Waals surface area contributed by atoms with E-state index in [9.17, 15) is 0 Å². The number of rotatable bonds is 5. The quantitative estimate of drug-likeness (QED) is 0.413. The molecule has 0 amide bonds. The molecular formula is C15H26IN3O3. The van der Waals surface area contributed by atoms with Crippen LogP contribution in [0.15, 0.2) is 17.1 Å². The molecule has 0 aliphatic rings. The summed E-state index contributed by atoms with van der Waals surface area (Å²) in [4.78, 5) is 8.56. The number of ether oxygens (including phenoxy) is 3. The molecular weight excluding hydrogens is 397 g/mol. The lowest BCUT2D eigenvalue weighted by Gasteiger charge is -2.22. The van der Waals surface area contributed by atoms with Crippen molar-refractivity contribution < 1.29 is 14.2 Å². The van der Waals surface area contributed by atoms with Crippen molar-refractivity contribution in [2.75, 3.05) is 49.5 Å². The van der Waals surface area contributed by atoms with Crippen LogP contribution in [0.3, 0.4) is 0 Å². The van der Waals surface area contributed by atoms with Crippen molar-refractivity contribution in [2.45, 2.75) is 6.54 Å². The van der Waals surface area contributed by atoms with Gasteiger partial charge in [0, 0.05) is 28.2 Å². The maximum Gasteiger partial charge on any atom is 0.203 e. The van der Waals surface area contributed by atoms with Gasteiger partial charge in [-0.15, -0.1) is 24.0 Å². The average Bonchev–Trinajstić information content (AvgIpc) is 2.45. The van der Waals surface area contributed by atoms with Crippen LogP contribution >= 0.6 is 24.0 Å². The first-order valence-corrected chi connectivity index (χ1v) is 6.62. The van der Waals surface area contributed by atoms with Crippen LogP contribution in [0.25, 0.3) is 0 Å². The number of methoxy groups -OCH3 is 3. The summed E-state index contributed by atoms with van der Waals surface area (Å²) in [5, 5.41) is 0. The monoisotopic (exact) mass is 423 g/mol. The van der Waals surface area contributed by atoms with Crippen LogP contribution in [0.2, 0.25) is 0 Å². The minimum absolute atomic E-state index is 0. The summed E-state index contributed by atoms with van der Waals surface area (Å²) in [7, 11) is 12.7. The van der Waals surface area contributed by atoms with Gasteiger partial charge in [0.2, 0.25) is 5.75 Å². The molecule has 0 aromatic heterocycles. The maximum atomic E-state index is 5.35. The lowest BCUT2D eigenvalue weighted by Crippen LogP contribution is -2.35. The summed E-state index contributed by atoms with van der Waals surface area (Å²) in [5.74, 6) is 2.76. The molecule has 0 unspecified atom stereocenters. The summed E-state index contributed by atoms with van der Waals surface area (Å²) in [6.07, 6.45) is 0. The first-order valence-electron chi connectivity index (χ1n) is 6.62. The third-order valence-electron chi connectivity index (χ3n) is 2.93. The molecule has 0 heterocycles. The summed E-state index contributed by atoms with van der Waals surface area (Å²) >= 11 is 0. The predicted octanol–water partition coefficient (Wildman–Crippen LogP) is 2.31. The van der Waals surface area contributed by atoms with Gasteiger partial charge in [-0.1, -0.05) is 0 Å². The van der Waals surface area contributed by atoms with Gasteiger partial charge >= 0.3 is 0 Å². The molecule has 0 radical (unpaired) electrons. The highest BCUT2D eigenvalue weighted by atomic mass is 127. The second-order valence-corrected chi connectivity index (χ2v) is 4.94. The van der Waals surface area contributed by atoms with E-state index in [2.05, 4.69) is 4.99 Å². The molecule has 0 fully saturated rings. The summed E-state index contributed by atoms with van der Waals surface area (Å²) < 4.78 is 16.0. The van der Waals surface area contributed by atoms with Crippen molar-refractivity contribution >= 4 is 29.9 Å². The van der Waals surface area contributed by atoms with E-state index in [0.717, 1.165) is 11.5 Å². The molecule has 0 saturated carbocycles. The zero-order valence-electron chi connectivity index (χ0n) is 14.3. The lowest BCUT2D eigenvalue weighted by atomic mass is 10.2. The van der Waals surface area contributed by atoms with E-state index >= 15 is 0 Å². The van der Waals surface area contributed by atoms with Crippen molar-refractivity contribution in [3.05, 3.63) is 17.7 Å². The molecule has 1 rings (SSSR count). The number of hydrogen-bond acceptors (Lipinski definition) is 4. The van der Waals surface area contributed by atoms with Crippen LogP contribution in [-0.4, -0.2) is 65.3 Å². The minimum atomic E-state index is 0. The first kappa shape index (κ1) is 20.6. The van der Waals surface area contributed by atoms with Crippen molar-refractivity contribution in [1.29, 1.82) is 0 Å². The lowest BCUT2D eigenvalue weighted by molar-refractivity contribution is 0.324. The second-order valence-electron chi connectivity index (χ2n) is 4.94. The zero-order valence-corrected chi connectivity index (χ0v) is 16.7. The van der Waals surface area contributed by atoms with Gasteiger partial charge in [-0.2, -0.15) is 0 Å². The highest BCUT2D eigenvalue weighted by molar-refractivity contribution is 14.0. The predicted molar refractivity (Wildman–Crippen MR) is 100 cm³/mol. The Hall–Kier alpha value is -1.38. The SMILES string of the molecule is COc1cc(CN=C(N(C)C)N(C)C)cc(OC)c1OC.I. The van der Waals surface area contributed by atoms with Gasteiger partial charge in [-0.25, -0.2) is 4.99 Å². The highest BCUT2D eigenvalue weighted by Gasteiger charge is 2.13. The molecule has 7 heteroatoms. The molecule has 0 saturated heterocycles. The van der Waals surface area contributed by atoms with Crippen molar-refractivity contribution in [1.82, 2.24) is 9.80 Å². The van der Waals surface area contributed by atoms with E-state index in [0.29, 0.717) is 23.8 Å². The van der Waals surface area contributed by atoms with Crippen LogP contribution in [0.5, 0.6) is 17.2 Å². The summed E-state index contributed by atoms with van der Waals surface area (Å²) in [5.41, 5.74) is 0.991. The fourth-order valence-electron chi connectivity index (χ4n) is 2.07. The zero-order chi connectivity index (χ0) is 16.0. The van der Waals surface area contributed by atoms with E-state index < -0.39 is 0 Å². The number of guanidine groups is 1. The van der Waals surface area contributed by atoms with E-state index in [1.807, 2.05) is 50.1 Å². The van der Waals surface area contributed by atoms with Crippen LogP contribution in [-0.2, 0) is 6.54 Å². The van der Waals surface area contributed by atoms with Crippen molar-refractivity contribution in [3.8, 4) is 17.2 Å². The minimum Gasteiger partial charge on any atom is -0.493 e. The molecule has 1 aromatic rings. The Kier molecular flexibility index (Phi) is 9.00. The molecule has 0 aliphatic heterocycles. The van der Waals surface area contributed by atoms with E-state index in [4.69, 9.17) is 14.2 Å². The van der Waals surface area contributed by atoms with Crippen LogP contribution in [0.4, 0.5) is 0 Å². The standard InChI is InChI=1S/C15H25N3O3.HI/c1-17(2)15(18(3)4)16-10-11-8-12(19-5)14(21-7)13(9-11)20-6;/h8-9H,10H2,1-7H3;1H. The van der Waals surface area contributed by atoms with Gasteiger partial charge in [0.15, 0.2) is 17.5 Å². The number of halogens is 1. The normalized spacial score (nSPS) is 9.41. The smallest absolute Gasteiger partial charge is 0.203 e.